The Hall–Kier alpha value is -0.546. The minimum Gasteiger partial charge on any atom is -0.477 e. The summed E-state index contributed by atoms with van der Waals surface area (Å²) >= 11 is 0. The van der Waals surface area contributed by atoms with Crippen LogP contribution in [0.25, 0.3) is 5.78 Å². The average Bonchev–Trinajstić information content (AvgIpc) is 2.48. The standard InChI is InChI=1S/C7H7N4O.Y/c1-4-5(2)10-7-8-3-9-11(7)6(4)12;/h1-2H3,(H,8,9,10);/q-1;. The second kappa shape index (κ2) is 3.68. The van der Waals surface area contributed by atoms with Crippen molar-refractivity contribution in [2.75, 3.05) is 0 Å². The molecule has 2 rings (SSSR count). The van der Waals surface area contributed by atoms with Crippen molar-refractivity contribution in [3.05, 3.63) is 27.9 Å². The number of rotatable bonds is 0. The third-order valence-corrected chi connectivity index (χ3v) is 1.85. The fraction of sp³-hybridized carbons (Fsp3) is 0.286. The molecule has 0 unspecified atom stereocenters. The number of fused-ring (bicyclic) bond motifs is 1. The van der Waals surface area contributed by atoms with Gasteiger partial charge < -0.3 is 9.97 Å². The molecule has 0 bridgehead atoms. The molecule has 2 heterocycles. The van der Waals surface area contributed by atoms with Gasteiger partial charge in [0, 0.05) is 44.0 Å². The van der Waals surface area contributed by atoms with E-state index in [-0.39, 0.29) is 38.3 Å². The van der Waals surface area contributed by atoms with Crippen LogP contribution in [0.2, 0.25) is 0 Å². The third kappa shape index (κ3) is 1.58. The first-order valence-electron chi connectivity index (χ1n) is 3.52. The summed E-state index contributed by atoms with van der Waals surface area (Å²) in [6, 6.07) is 0. The Morgan fingerprint density at radius 3 is 2.85 bits per heavy atom. The Balaban J connectivity index is 0.000000845. The molecule has 0 aliphatic rings. The molecule has 0 aliphatic carbocycles. The number of nitrogens with one attached hydrogen (secondary N) is 1. The molecule has 1 radical (unpaired) electrons. The van der Waals surface area contributed by atoms with E-state index in [0.29, 0.717) is 11.3 Å². The third-order valence-electron chi connectivity index (χ3n) is 1.85. The molecule has 6 heteroatoms. The van der Waals surface area contributed by atoms with Crippen LogP contribution in [0.5, 0.6) is 0 Å². The first-order chi connectivity index (χ1) is 5.70. The molecular formula is C7H7N4OY-. The summed E-state index contributed by atoms with van der Waals surface area (Å²) in [4.78, 5) is 18.2. The predicted octanol–water partition coefficient (Wildman–Crippen LogP) is -0.168. The van der Waals surface area contributed by atoms with Gasteiger partial charge in [0.2, 0.25) is 0 Å². The summed E-state index contributed by atoms with van der Waals surface area (Å²) in [6.07, 6.45) is 2.46. The van der Waals surface area contributed by atoms with E-state index in [0.717, 1.165) is 5.69 Å². The van der Waals surface area contributed by atoms with E-state index >= 15 is 0 Å². The van der Waals surface area contributed by atoms with Gasteiger partial charge in [-0.25, -0.2) is 0 Å². The molecule has 65 valence electrons. The van der Waals surface area contributed by atoms with Gasteiger partial charge in [0.1, 0.15) is 0 Å². The zero-order valence-corrected chi connectivity index (χ0v) is 10.2. The summed E-state index contributed by atoms with van der Waals surface area (Å²) in [6.45, 7) is 3.52. The van der Waals surface area contributed by atoms with Crippen LogP contribution in [0.15, 0.2) is 4.79 Å². The van der Waals surface area contributed by atoms with Crippen molar-refractivity contribution in [3.8, 4) is 0 Å². The van der Waals surface area contributed by atoms with Gasteiger partial charge in [0.05, 0.1) is 5.78 Å². The zero-order valence-electron chi connectivity index (χ0n) is 7.33. The van der Waals surface area contributed by atoms with Gasteiger partial charge >= 0.3 is 0 Å². The number of hydrogen-bond donors (Lipinski definition) is 1. The summed E-state index contributed by atoms with van der Waals surface area (Å²) in [5.74, 6) is 0.433. The van der Waals surface area contributed by atoms with Crippen LogP contribution in [0, 0.1) is 20.2 Å². The van der Waals surface area contributed by atoms with Crippen molar-refractivity contribution >= 4 is 5.78 Å². The molecule has 1 N–H and O–H groups in total. The Kier molecular flexibility index (Phi) is 2.98. The van der Waals surface area contributed by atoms with Crippen LogP contribution in [0.4, 0.5) is 0 Å². The van der Waals surface area contributed by atoms with Crippen molar-refractivity contribution < 1.29 is 32.7 Å². The van der Waals surface area contributed by atoms with Gasteiger partial charge in [-0.15, -0.1) is 0 Å². The molecule has 0 spiro atoms. The Morgan fingerprint density at radius 2 is 2.15 bits per heavy atom. The summed E-state index contributed by atoms with van der Waals surface area (Å²) in [5, 5.41) is 3.68. The number of H-pyrrole nitrogens is 1. The molecule has 0 aliphatic heterocycles. The number of aromatic nitrogens is 4. The predicted molar refractivity (Wildman–Crippen MR) is 41.9 cm³/mol. The second-order valence-electron chi connectivity index (χ2n) is 2.60. The maximum Gasteiger partial charge on any atom is 0.260 e. The Morgan fingerprint density at radius 1 is 1.46 bits per heavy atom. The van der Waals surface area contributed by atoms with Crippen molar-refractivity contribution in [1.82, 2.24) is 19.6 Å². The molecule has 13 heavy (non-hydrogen) atoms. The first kappa shape index (κ1) is 10.5. The molecule has 0 saturated carbocycles. The van der Waals surface area contributed by atoms with Gasteiger partial charge in [-0.1, -0.05) is 0 Å². The minimum absolute atomic E-state index is 0. The summed E-state index contributed by atoms with van der Waals surface area (Å²) in [5.41, 5.74) is 1.20. The minimum atomic E-state index is -0.144. The van der Waals surface area contributed by atoms with Crippen LogP contribution in [-0.4, -0.2) is 19.6 Å². The fourth-order valence-corrected chi connectivity index (χ4v) is 0.999. The number of nitrogens with zero attached hydrogens (tertiary/aromatic N) is 3. The van der Waals surface area contributed by atoms with Crippen LogP contribution in [0.3, 0.4) is 0 Å². The largest absolute Gasteiger partial charge is 0.477 e. The normalized spacial score (nSPS) is 10.0. The molecule has 0 amide bonds. The van der Waals surface area contributed by atoms with Gasteiger partial charge in [-0.3, -0.25) is 14.4 Å². The van der Waals surface area contributed by atoms with E-state index in [4.69, 9.17) is 0 Å². The average molecular weight is 252 g/mol. The van der Waals surface area contributed by atoms with Crippen molar-refractivity contribution in [1.29, 1.82) is 0 Å². The molecule has 0 atom stereocenters. The monoisotopic (exact) mass is 252 g/mol. The Labute approximate surface area is 99.5 Å². The number of hydrogen-bond acceptors (Lipinski definition) is 3. The molecule has 0 aromatic carbocycles. The smallest absolute Gasteiger partial charge is 0.260 e. The summed E-state index contributed by atoms with van der Waals surface area (Å²) in [7, 11) is 0. The SMILES string of the molecule is Cc1nc2[nH][c-]nn2c(=O)c1C.[Y]. The maximum atomic E-state index is 11.4. The second-order valence-corrected chi connectivity index (χ2v) is 2.60. The van der Waals surface area contributed by atoms with E-state index in [1.54, 1.807) is 13.8 Å². The van der Waals surface area contributed by atoms with E-state index in [1.807, 2.05) is 0 Å². The van der Waals surface area contributed by atoms with E-state index in [2.05, 4.69) is 21.4 Å². The van der Waals surface area contributed by atoms with Crippen molar-refractivity contribution in [2.24, 2.45) is 0 Å². The van der Waals surface area contributed by atoms with Crippen molar-refractivity contribution in [3.63, 3.8) is 0 Å². The van der Waals surface area contributed by atoms with Gasteiger partial charge in [-0.2, -0.15) is 0 Å². The van der Waals surface area contributed by atoms with Crippen LogP contribution >= 0.6 is 0 Å². The van der Waals surface area contributed by atoms with Crippen LogP contribution < -0.4 is 5.56 Å². The fourth-order valence-electron chi connectivity index (χ4n) is 0.999. The summed E-state index contributed by atoms with van der Waals surface area (Å²) < 4.78 is 1.20. The van der Waals surface area contributed by atoms with Crippen molar-refractivity contribution in [2.45, 2.75) is 13.8 Å². The molecule has 0 fully saturated rings. The van der Waals surface area contributed by atoms with Crippen LogP contribution in [-0.2, 0) is 32.7 Å². The number of aryl methyl sites for hydroxylation is 1. The van der Waals surface area contributed by atoms with E-state index in [9.17, 15) is 4.79 Å². The molecule has 2 aromatic heterocycles. The Bertz CT molecular complexity index is 487. The van der Waals surface area contributed by atoms with Gasteiger partial charge in [0.25, 0.3) is 5.56 Å². The zero-order chi connectivity index (χ0) is 8.72. The molecular weight excluding hydrogens is 245 g/mol. The quantitative estimate of drug-likeness (QED) is 0.662. The molecule has 0 saturated heterocycles. The van der Waals surface area contributed by atoms with Gasteiger partial charge in [0.15, 0.2) is 0 Å². The molecule has 5 nitrogen and oxygen atoms in total. The number of aromatic amines is 1. The van der Waals surface area contributed by atoms with E-state index < -0.39 is 0 Å². The van der Waals surface area contributed by atoms with Crippen LogP contribution in [0.1, 0.15) is 11.3 Å². The topological polar surface area (TPSA) is 63.1 Å². The molecule has 2 aromatic rings. The van der Waals surface area contributed by atoms with E-state index in [1.165, 1.54) is 4.52 Å². The maximum absolute atomic E-state index is 11.4. The first-order valence-corrected chi connectivity index (χ1v) is 3.52. The van der Waals surface area contributed by atoms with Gasteiger partial charge in [-0.05, 0) is 20.2 Å².